The van der Waals surface area contributed by atoms with Crippen LogP contribution >= 0.6 is 23.8 Å². The van der Waals surface area contributed by atoms with E-state index in [9.17, 15) is 4.79 Å². The highest BCUT2D eigenvalue weighted by Gasteiger charge is 2.34. The molecular formula is C10H14N4OS2. The third-order valence-corrected chi connectivity index (χ3v) is 3.80. The summed E-state index contributed by atoms with van der Waals surface area (Å²) in [6, 6.07) is -0.190. The quantitative estimate of drug-likeness (QED) is 0.777. The van der Waals surface area contributed by atoms with E-state index in [1.165, 1.54) is 0 Å². The van der Waals surface area contributed by atoms with Gasteiger partial charge in [-0.1, -0.05) is 23.6 Å². The van der Waals surface area contributed by atoms with Crippen molar-refractivity contribution in [2.24, 2.45) is 11.7 Å². The number of carbonyl (C=O) groups is 1. The molecule has 5 nitrogen and oxygen atoms in total. The number of thiocarbonyl (C=S) groups is 1. The third-order valence-electron chi connectivity index (χ3n) is 2.78. The van der Waals surface area contributed by atoms with Crippen LogP contribution in [0.5, 0.6) is 0 Å². The Hall–Kier alpha value is -1.08. The second kappa shape index (κ2) is 5.05. The minimum Gasteiger partial charge on any atom is -0.392 e. The first kappa shape index (κ1) is 12.4. The summed E-state index contributed by atoms with van der Waals surface area (Å²) in [4.78, 5) is 13.0. The predicted octanol–water partition coefficient (Wildman–Crippen LogP) is 0.895. The number of nitrogens with two attached hydrogens (primary N) is 1. The molecule has 0 aromatic carbocycles. The number of hydrogen-bond acceptors (Lipinski definition) is 5. The number of aryl methyl sites for hydroxylation is 1. The van der Waals surface area contributed by atoms with Crippen molar-refractivity contribution < 1.29 is 4.79 Å². The number of nitrogens with zero attached hydrogens (tertiary/aromatic N) is 2. The van der Waals surface area contributed by atoms with Crippen LogP contribution in [-0.2, 0) is 6.42 Å². The molecule has 7 heteroatoms. The van der Waals surface area contributed by atoms with Gasteiger partial charge in [0.2, 0.25) is 0 Å². The van der Waals surface area contributed by atoms with Gasteiger partial charge in [0.15, 0.2) is 0 Å². The Morgan fingerprint density at radius 2 is 2.41 bits per heavy atom. The molecule has 1 heterocycles. The maximum atomic E-state index is 12.0. The number of nitrogens with one attached hydrogen (secondary N) is 1. The molecule has 0 spiro atoms. The van der Waals surface area contributed by atoms with Crippen LogP contribution in [0.3, 0.4) is 0 Å². The number of carbonyl (C=O) groups excluding carboxylic acids is 1. The van der Waals surface area contributed by atoms with E-state index in [0.717, 1.165) is 30.1 Å². The summed E-state index contributed by atoms with van der Waals surface area (Å²) >= 11 is 6.09. The van der Waals surface area contributed by atoms with Crippen LogP contribution in [0, 0.1) is 5.92 Å². The van der Waals surface area contributed by atoms with Crippen molar-refractivity contribution in [2.45, 2.75) is 32.2 Å². The normalized spacial score (nSPS) is 16.5. The monoisotopic (exact) mass is 270 g/mol. The zero-order valence-corrected chi connectivity index (χ0v) is 11.1. The molecule has 1 amide bonds. The lowest BCUT2D eigenvalue weighted by molar-refractivity contribution is 0.0947. The van der Waals surface area contributed by atoms with Crippen LogP contribution < -0.4 is 11.1 Å². The van der Waals surface area contributed by atoms with Crippen LogP contribution in [0.25, 0.3) is 0 Å². The van der Waals surface area contributed by atoms with Gasteiger partial charge in [0.05, 0.1) is 16.7 Å². The Labute approximate surface area is 109 Å². The zero-order chi connectivity index (χ0) is 12.4. The Balaban J connectivity index is 2.07. The van der Waals surface area contributed by atoms with E-state index >= 15 is 0 Å². The molecule has 1 unspecified atom stereocenters. The van der Waals surface area contributed by atoms with Gasteiger partial charge in [0.1, 0.15) is 4.88 Å². The summed E-state index contributed by atoms with van der Waals surface area (Å²) in [5, 5.41) is 6.79. The van der Waals surface area contributed by atoms with Gasteiger partial charge in [-0.3, -0.25) is 4.79 Å². The zero-order valence-electron chi connectivity index (χ0n) is 9.47. The summed E-state index contributed by atoms with van der Waals surface area (Å²) in [6.07, 6.45) is 2.84. The molecule has 1 aliphatic rings. The highest BCUT2D eigenvalue weighted by molar-refractivity contribution is 7.80. The van der Waals surface area contributed by atoms with Crippen LogP contribution in [0.1, 0.15) is 35.1 Å². The maximum Gasteiger partial charge on any atom is 0.265 e. The Bertz CT molecular complexity index is 441. The molecule has 1 saturated carbocycles. The van der Waals surface area contributed by atoms with Gasteiger partial charge in [-0.15, -0.1) is 5.10 Å². The second-order valence-corrected chi connectivity index (χ2v) is 5.32. The molecule has 1 aromatic heterocycles. The molecule has 0 aliphatic heterocycles. The number of hydrogen-bond donors (Lipinski definition) is 2. The first-order valence-electron chi connectivity index (χ1n) is 5.55. The fraction of sp³-hybridized carbons (Fsp3) is 0.600. The van der Waals surface area contributed by atoms with Crippen molar-refractivity contribution >= 4 is 34.6 Å². The Kier molecular flexibility index (Phi) is 3.68. The van der Waals surface area contributed by atoms with Crippen molar-refractivity contribution in [3.63, 3.8) is 0 Å². The molecule has 92 valence electrons. The average molecular weight is 270 g/mol. The van der Waals surface area contributed by atoms with Gasteiger partial charge in [-0.25, -0.2) is 0 Å². The first-order chi connectivity index (χ1) is 8.13. The standard InChI is InChI=1S/C10H14N4OS2/c1-2-6-8(17-14-13-6)10(15)12-7(9(11)16)5-3-4-5/h5,7H,2-4H2,1H3,(H2,11,16)(H,12,15). The van der Waals surface area contributed by atoms with Gasteiger partial charge in [0, 0.05) is 0 Å². The summed E-state index contributed by atoms with van der Waals surface area (Å²) in [7, 11) is 0. The third kappa shape index (κ3) is 2.78. The fourth-order valence-corrected chi connectivity index (χ4v) is 2.57. The fourth-order valence-electron chi connectivity index (χ4n) is 1.67. The molecular weight excluding hydrogens is 256 g/mol. The van der Waals surface area contributed by atoms with Crippen molar-refractivity contribution in [3.8, 4) is 0 Å². The summed E-state index contributed by atoms with van der Waals surface area (Å²) < 4.78 is 3.79. The number of rotatable bonds is 5. The Morgan fingerprint density at radius 3 is 2.94 bits per heavy atom. The molecule has 3 N–H and O–H groups in total. The molecule has 0 saturated heterocycles. The van der Waals surface area contributed by atoms with E-state index in [1.54, 1.807) is 0 Å². The second-order valence-electron chi connectivity index (χ2n) is 4.09. The lowest BCUT2D eigenvalue weighted by Crippen LogP contribution is -2.45. The van der Waals surface area contributed by atoms with E-state index in [-0.39, 0.29) is 11.9 Å². The number of amides is 1. The molecule has 1 atom stereocenters. The van der Waals surface area contributed by atoms with Gasteiger partial charge in [-0.2, -0.15) is 0 Å². The van der Waals surface area contributed by atoms with Gasteiger partial charge in [-0.05, 0) is 36.7 Å². The van der Waals surface area contributed by atoms with E-state index in [0.29, 0.717) is 22.2 Å². The van der Waals surface area contributed by atoms with Gasteiger partial charge in [0.25, 0.3) is 5.91 Å². The molecule has 17 heavy (non-hydrogen) atoms. The van der Waals surface area contributed by atoms with Crippen molar-refractivity contribution in [2.75, 3.05) is 0 Å². The number of aromatic nitrogens is 2. The minimum atomic E-state index is -0.190. The molecule has 1 aromatic rings. The minimum absolute atomic E-state index is 0.165. The van der Waals surface area contributed by atoms with E-state index < -0.39 is 0 Å². The molecule has 0 radical (unpaired) electrons. The van der Waals surface area contributed by atoms with Crippen LogP contribution in [-0.4, -0.2) is 26.5 Å². The smallest absolute Gasteiger partial charge is 0.265 e. The SMILES string of the molecule is CCc1nnsc1C(=O)NC(C(N)=S)C1CC1. The van der Waals surface area contributed by atoms with Crippen LogP contribution in [0.2, 0.25) is 0 Å². The first-order valence-corrected chi connectivity index (χ1v) is 6.73. The molecule has 0 bridgehead atoms. The molecule has 1 aliphatic carbocycles. The Morgan fingerprint density at radius 1 is 1.71 bits per heavy atom. The van der Waals surface area contributed by atoms with Gasteiger partial charge >= 0.3 is 0 Å². The summed E-state index contributed by atoms with van der Waals surface area (Å²) in [6.45, 7) is 1.94. The topological polar surface area (TPSA) is 80.9 Å². The van der Waals surface area contributed by atoms with Crippen molar-refractivity contribution in [1.29, 1.82) is 0 Å². The van der Waals surface area contributed by atoms with E-state index in [1.807, 2.05) is 6.92 Å². The largest absolute Gasteiger partial charge is 0.392 e. The highest BCUT2D eigenvalue weighted by atomic mass is 32.1. The van der Waals surface area contributed by atoms with Crippen molar-refractivity contribution in [1.82, 2.24) is 14.9 Å². The highest BCUT2D eigenvalue weighted by Crippen LogP contribution is 2.33. The van der Waals surface area contributed by atoms with E-state index in [2.05, 4.69) is 14.9 Å². The summed E-state index contributed by atoms with van der Waals surface area (Å²) in [5.41, 5.74) is 6.37. The molecule has 1 fully saturated rings. The lowest BCUT2D eigenvalue weighted by Gasteiger charge is -2.16. The maximum absolute atomic E-state index is 12.0. The molecule has 2 rings (SSSR count). The van der Waals surface area contributed by atoms with Crippen LogP contribution in [0.15, 0.2) is 0 Å². The van der Waals surface area contributed by atoms with Crippen molar-refractivity contribution in [3.05, 3.63) is 10.6 Å². The lowest BCUT2D eigenvalue weighted by atomic mass is 10.2. The van der Waals surface area contributed by atoms with Crippen LogP contribution in [0.4, 0.5) is 0 Å². The predicted molar refractivity (Wildman–Crippen MR) is 70.1 cm³/mol. The van der Waals surface area contributed by atoms with E-state index in [4.69, 9.17) is 18.0 Å². The van der Waals surface area contributed by atoms with Gasteiger partial charge < -0.3 is 11.1 Å². The summed E-state index contributed by atoms with van der Waals surface area (Å²) in [5.74, 6) is 0.240. The average Bonchev–Trinajstić information content (AvgIpc) is 3.01.